The zero-order valence-corrected chi connectivity index (χ0v) is 22.5. The Bertz CT molecular complexity index is 799. The fraction of sp³-hybridized carbons (Fsp3) is 0.880. The Kier molecular flexibility index (Phi) is 12.3. The van der Waals surface area contributed by atoms with Gasteiger partial charge in [-0.05, 0) is 25.3 Å². The molecule has 3 aliphatic rings. The van der Waals surface area contributed by atoms with Crippen LogP contribution in [0.2, 0.25) is 0 Å². The van der Waals surface area contributed by atoms with Crippen LogP contribution in [0.4, 0.5) is 0 Å². The molecule has 0 aromatic heterocycles. The third-order valence-electron chi connectivity index (χ3n) is 7.31. The number of nitrogens with one attached hydrogen (secondary N) is 2. The fourth-order valence-corrected chi connectivity index (χ4v) is 5.12. The highest BCUT2D eigenvalue weighted by molar-refractivity contribution is 5.86. The van der Waals surface area contributed by atoms with Crippen molar-refractivity contribution in [1.29, 1.82) is 0 Å². The third-order valence-corrected chi connectivity index (χ3v) is 7.31. The van der Waals surface area contributed by atoms with Crippen LogP contribution in [-0.4, -0.2) is 125 Å². The number of allylic oxidation sites excluding steroid dienone is 1. The molecule has 0 spiro atoms. The molecule has 0 saturated heterocycles. The molecule has 1 amide bonds. The van der Waals surface area contributed by atoms with Crippen molar-refractivity contribution in [3.05, 3.63) is 11.8 Å². The predicted octanol–water partition coefficient (Wildman–Crippen LogP) is -3.11. The minimum Gasteiger partial charge on any atom is -0.468 e. The summed E-state index contributed by atoms with van der Waals surface area (Å²) < 4.78 is 23.6. The van der Waals surface area contributed by atoms with Crippen LogP contribution in [0.1, 0.15) is 45.4 Å². The van der Waals surface area contributed by atoms with Crippen LogP contribution in [-0.2, 0) is 23.7 Å². The van der Waals surface area contributed by atoms with Gasteiger partial charge in [0.25, 0.3) is 5.91 Å². The number of hydrogen-bond acceptors (Lipinski definition) is 13. The van der Waals surface area contributed by atoms with Crippen LogP contribution in [0.5, 0.6) is 0 Å². The number of nitrogens with two attached hydrogens (primary N) is 2. The summed E-state index contributed by atoms with van der Waals surface area (Å²) in [6.45, 7) is 2.11. The van der Waals surface area contributed by atoms with Gasteiger partial charge < -0.3 is 66.6 Å². The molecular weight excluding hydrogens is 516 g/mol. The predicted molar refractivity (Wildman–Crippen MR) is 138 cm³/mol. The highest BCUT2D eigenvalue weighted by atomic mass is 16.7. The van der Waals surface area contributed by atoms with E-state index in [2.05, 4.69) is 10.6 Å². The first-order chi connectivity index (χ1) is 18.6. The Morgan fingerprint density at radius 1 is 1.26 bits per heavy atom. The number of aliphatic hydroxyl groups is 5. The van der Waals surface area contributed by atoms with Crippen LogP contribution in [0.3, 0.4) is 0 Å². The van der Waals surface area contributed by atoms with E-state index in [9.17, 15) is 25.2 Å². The normalized spacial score (nSPS) is 36.3. The van der Waals surface area contributed by atoms with Crippen molar-refractivity contribution in [3.8, 4) is 0 Å². The first-order valence-electron chi connectivity index (χ1n) is 13.7. The minimum atomic E-state index is -1.62. The quantitative estimate of drug-likeness (QED) is 0.0712. The smallest absolute Gasteiger partial charge is 0.252 e. The van der Waals surface area contributed by atoms with Gasteiger partial charge in [0.05, 0.1) is 32.4 Å². The minimum absolute atomic E-state index is 0.00460. The van der Waals surface area contributed by atoms with Crippen LogP contribution in [0, 0.1) is 0 Å². The lowest BCUT2D eigenvalue weighted by atomic mass is 9.75. The van der Waals surface area contributed by atoms with Crippen molar-refractivity contribution in [2.75, 3.05) is 32.9 Å². The van der Waals surface area contributed by atoms with Crippen molar-refractivity contribution in [2.45, 2.75) is 106 Å². The lowest BCUT2D eigenvalue weighted by molar-refractivity contribution is -0.269. The SMILES string of the molecule is CC[C@@H](O)[C@H](OCCO)O[C@@H]1[C@@H](O)[C@H](O[C@@H]2CCC=C(CNCCO)O2)[C@@H](N)C[C@H]1NC(=O)C1(O)CC(N)C1. The first kappa shape index (κ1) is 32.1. The summed E-state index contributed by atoms with van der Waals surface area (Å²) >= 11 is 0. The van der Waals surface area contributed by atoms with Crippen LogP contribution >= 0.6 is 0 Å². The molecule has 1 heterocycles. The molecule has 11 N–H and O–H groups in total. The maximum atomic E-state index is 12.9. The summed E-state index contributed by atoms with van der Waals surface area (Å²) in [7, 11) is 0. The van der Waals surface area contributed by atoms with E-state index in [0.29, 0.717) is 31.7 Å². The molecular formula is C25H46N4O10. The summed E-state index contributed by atoms with van der Waals surface area (Å²) in [4.78, 5) is 12.9. The van der Waals surface area contributed by atoms with Crippen molar-refractivity contribution in [2.24, 2.45) is 11.5 Å². The molecule has 0 unspecified atom stereocenters. The summed E-state index contributed by atoms with van der Waals surface area (Å²) in [6.07, 6.45) is -2.71. The Morgan fingerprint density at radius 2 is 2.00 bits per heavy atom. The van der Waals surface area contributed by atoms with Crippen molar-refractivity contribution in [3.63, 3.8) is 0 Å². The zero-order chi connectivity index (χ0) is 28.6. The zero-order valence-electron chi connectivity index (χ0n) is 22.5. The number of amides is 1. The van der Waals surface area contributed by atoms with Gasteiger partial charge in [-0.15, -0.1) is 0 Å². The molecule has 14 heteroatoms. The largest absolute Gasteiger partial charge is 0.468 e. The average Bonchev–Trinajstić information content (AvgIpc) is 2.89. The number of aliphatic hydroxyl groups excluding tert-OH is 4. The molecule has 0 bridgehead atoms. The fourth-order valence-electron chi connectivity index (χ4n) is 5.12. The van der Waals surface area contributed by atoms with Gasteiger partial charge in [-0.2, -0.15) is 0 Å². The van der Waals surface area contributed by atoms with Crippen LogP contribution in [0.15, 0.2) is 11.8 Å². The van der Waals surface area contributed by atoms with E-state index in [4.69, 9.17) is 35.5 Å². The van der Waals surface area contributed by atoms with Gasteiger partial charge >= 0.3 is 0 Å². The van der Waals surface area contributed by atoms with Crippen molar-refractivity contribution in [1.82, 2.24) is 10.6 Å². The summed E-state index contributed by atoms with van der Waals surface area (Å²) in [6, 6.07) is -1.87. The van der Waals surface area contributed by atoms with Crippen LogP contribution < -0.4 is 22.1 Å². The maximum absolute atomic E-state index is 12.9. The van der Waals surface area contributed by atoms with E-state index in [-0.39, 0.29) is 51.5 Å². The first-order valence-corrected chi connectivity index (χ1v) is 13.7. The average molecular weight is 563 g/mol. The van der Waals surface area contributed by atoms with Gasteiger partial charge in [-0.1, -0.05) is 6.92 Å². The van der Waals surface area contributed by atoms with E-state index in [1.807, 2.05) is 6.08 Å². The van der Waals surface area contributed by atoms with Gasteiger partial charge in [0.1, 0.15) is 35.8 Å². The molecule has 226 valence electrons. The van der Waals surface area contributed by atoms with Crippen molar-refractivity contribution >= 4 is 5.91 Å². The van der Waals surface area contributed by atoms with E-state index in [1.54, 1.807) is 6.92 Å². The van der Waals surface area contributed by atoms with Gasteiger partial charge in [0.15, 0.2) is 12.6 Å². The molecule has 2 aliphatic carbocycles. The van der Waals surface area contributed by atoms with Gasteiger partial charge in [-0.3, -0.25) is 4.79 Å². The third kappa shape index (κ3) is 8.53. The number of carbonyl (C=O) groups is 1. The highest BCUT2D eigenvalue weighted by Gasteiger charge is 2.52. The van der Waals surface area contributed by atoms with Gasteiger partial charge in [0.2, 0.25) is 0 Å². The summed E-state index contributed by atoms with van der Waals surface area (Å²) in [5.41, 5.74) is 10.6. The summed E-state index contributed by atoms with van der Waals surface area (Å²) in [5, 5.41) is 56.5. The highest BCUT2D eigenvalue weighted by Crippen LogP contribution is 2.33. The number of hydrogen-bond donors (Lipinski definition) is 9. The Hall–Kier alpha value is -1.43. The lowest BCUT2D eigenvalue weighted by Crippen LogP contribution is -2.69. The van der Waals surface area contributed by atoms with E-state index in [1.165, 1.54) is 0 Å². The van der Waals surface area contributed by atoms with E-state index < -0.39 is 60.6 Å². The van der Waals surface area contributed by atoms with Gasteiger partial charge in [-0.25, -0.2) is 0 Å². The maximum Gasteiger partial charge on any atom is 0.252 e. The monoisotopic (exact) mass is 562 g/mol. The second-order valence-electron chi connectivity index (χ2n) is 10.5. The molecule has 39 heavy (non-hydrogen) atoms. The molecule has 8 atom stereocenters. The Morgan fingerprint density at radius 3 is 2.64 bits per heavy atom. The molecule has 14 nitrogen and oxygen atoms in total. The number of carbonyl (C=O) groups excluding carboxylic acids is 1. The molecule has 2 fully saturated rings. The number of rotatable bonds is 15. The Balaban J connectivity index is 1.74. The van der Waals surface area contributed by atoms with Crippen LogP contribution in [0.25, 0.3) is 0 Å². The molecule has 0 aromatic rings. The molecule has 2 saturated carbocycles. The Labute approximate surface area is 228 Å². The molecule has 1 aliphatic heterocycles. The topological polar surface area (TPSA) is 231 Å². The second kappa shape index (κ2) is 15.0. The summed E-state index contributed by atoms with van der Waals surface area (Å²) in [5.74, 6) is -0.00166. The molecule has 0 radical (unpaired) electrons. The van der Waals surface area contributed by atoms with E-state index in [0.717, 1.165) is 0 Å². The second-order valence-corrected chi connectivity index (χ2v) is 10.5. The molecule has 0 aromatic carbocycles. The number of ether oxygens (including phenoxy) is 4. The lowest BCUT2D eigenvalue weighted by Gasteiger charge is -2.47. The van der Waals surface area contributed by atoms with Crippen molar-refractivity contribution < 1.29 is 49.3 Å². The standard InChI is InChI=1S/C25H46N4O10/c1-2-18(32)23(36-9-8-31)39-22-17(29-24(34)25(35)11-14(26)12-25)10-16(27)21(20(22)33)38-19-5-3-4-15(37-19)13-28-6-7-30/h4,14,16-23,28,30-33,35H,2-3,5-13,26-27H2,1H3,(H,29,34)/t14?,16-,17+,18+,19+,20-,21+,22-,23+,25?/m0/s1. The van der Waals surface area contributed by atoms with E-state index >= 15 is 0 Å². The van der Waals surface area contributed by atoms with Gasteiger partial charge in [0, 0.05) is 37.9 Å². The molecule has 3 rings (SSSR count).